The number of hydrogen-bond donors (Lipinski definition) is 1. The van der Waals surface area contributed by atoms with Crippen LogP contribution in [0.1, 0.15) is 13.8 Å². The minimum Gasteiger partial charge on any atom is -0.505 e. The lowest BCUT2D eigenvalue weighted by molar-refractivity contribution is 0.475. The van der Waals surface area contributed by atoms with E-state index in [-0.39, 0.29) is 25.8 Å². The van der Waals surface area contributed by atoms with Gasteiger partial charge in [0.15, 0.2) is 5.75 Å². The highest BCUT2D eigenvalue weighted by Crippen LogP contribution is 2.49. The Kier molecular flexibility index (Phi) is 5.40. The molecular formula is C10H10Cl4OS. The lowest BCUT2D eigenvalue weighted by atomic mass is 10.3. The van der Waals surface area contributed by atoms with Gasteiger partial charge >= 0.3 is 0 Å². The first-order chi connectivity index (χ1) is 7.36. The first-order valence-corrected chi connectivity index (χ1v) is 7.03. The van der Waals surface area contributed by atoms with Gasteiger partial charge in [0.05, 0.1) is 10.0 Å². The van der Waals surface area contributed by atoms with Gasteiger partial charge in [-0.05, 0) is 5.92 Å². The number of rotatable bonds is 3. The van der Waals surface area contributed by atoms with Crippen molar-refractivity contribution in [1.29, 1.82) is 0 Å². The fourth-order valence-corrected chi connectivity index (χ4v) is 3.22. The molecule has 0 aliphatic rings. The topological polar surface area (TPSA) is 20.2 Å². The van der Waals surface area contributed by atoms with Gasteiger partial charge in [0.25, 0.3) is 0 Å². The van der Waals surface area contributed by atoms with Gasteiger partial charge in [-0.15, -0.1) is 11.8 Å². The van der Waals surface area contributed by atoms with E-state index in [1.54, 1.807) is 0 Å². The molecule has 1 nitrogen and oxygen atoms in total. The van der Waals surface area contributed by atoms with Crippen molar-refractivity contribution in [2.75, 3.05) is 5.75 Å². The quantitative estimate of drug-likeness (QED) is 0.565. The van der Waals surface area contributed by atoms with Crippen molar-refractivity contribution >= 4 is 58.2 Å². The molecule has 16 heavy (non-hydrogen) atoms. The van der Waals surface area contributed by atoms with Crippen LogP contribution in [0.5, 0.6) is 5.75 Å². The number of benzene rings is 1. The molecule has 0 radical (unpaired) electrons. The highest BCUT2D eigenvalue weighted by atomic mass is 35.5. The van der Waals surface area contributed by atoms with Crippen molar-refractivity contribution in [3.05, 3.63) is 20.1 Å². The second kappa shape index (κ2) is 5.92. The molecule has 0 heterocycles. The zero-order valence-electron chi connectivity index (χ0n) is 8.65. The standard InChI is InChI=1S/C10H10Cl4OS/c1-4(2)3-16-10-7(13)5(11)9(15)6(12)8(10)14/h4,15H,3H2,1-2H3. The molecule has 0 saturated heterocycles. The molecule has 0 aromatic heterocycles. The van der Waals surface area contributed by atoms with Crippen LogP contribution in [0.25, 0.3) is 0 Å². The molecule has 0 aliphatic carbocycles. The summed E-state index contributed by atoms with van der Waals surface area (Å²) in [5.74, 6) is 1.06. The van der Waals surface area contributed by atoms with Gasteiger partial charge in [0.2, 0.25) is 0 Å². The minimum atomic E-state index is -0.271. The van der Waals surface area contributed by atoms with E-state index < -0.39 is 0 Å². The van der Waals surface area contributed by atoms with E-state index in [0.717, 1.165) is 5.75 Å². The maximum Gasteiger partial charge on any atom is 0.155 e. The minimum absolute atomic E-state index is 0.0438. The number of hydrogen-bond acceptors (Lipinski definition) is 2. The third-order valence-electron chi connectivity index (χ3n) is 1.76. The zero-order valence-corrected chi connectivity index (χ0v) is 12.5. The molecule has 0 amide bonds. The van der Waals surface area contributed by atoms with E-state index in [4.69, 9.17) is 46.4 Å². The molecule has 0 bridgehead atoms. The van der Waals surface area contributed by atoms with Gasteiger partial charge in [-0.3, -0.25) is 0 Å². The third-order valence-corrected chi connectivity index (χ3v) is 5.20. The van der Waals surface area contributed by atoms with Crippen molar-refractivity contribution in [2.45, 2.75) is 18.7 Å². The molecule has 0 spiro atoms. The summed E-state index contributed by atoms with van der Waals surface area (Å²) < 4.78 is 0. The monoisotopic (exact) mass is 318 g/mol. The van der Waals surface area contributed by atoms with Gasteiger partial charge in [-0.2, -0.15) is 0 Å². The average molecular weight is 320 g/mol. The van der Waals surface area contributed by atoms with Gasteiger partial charge in [-0.25, -0.2) is 0 Å². The first-order valence-electron chi connectivity index (χ1n) is 4.54. The van der Waals surface area contributed by atoms with Crippen molar-refractivity contribution in [3.63, 3.8) is 0 Å². The van der Waals surface area contributed by atoms with E-state index in [1.807, 2.05) is 0 Å². The molecule has 1 aromatic rings. The molecule has 6 heteroatoms. The summed E-state index contributed by atoms with van der Waals surface area (Å²) in [6, 6.07) is 0. The molecule has 90 valence electrons. The summed E-state index contributed by atoms with van der Waals surface area (Å²) in [5.41, 5.74) is 0. The molecular weight excluding hydrogens is 310 g/mol. The van der Waals surface area contributed by atoms with E-state index in [2.05, 4.69) is 13.8 Å². The van der Waals surface area contributed by atoms with Gasteiger partial charge in [0, 0.05) is 10.6 Å². The fraction of sp³-hybridized carbons (Fsp3) is 0.400. The summed E-state index contributed by atoms with van der Waals surface area (Å²) in [4.78, 5) is 0.616. The van der Waals surface area contributed by atoms with Crippen molar-refractivity contribution in [3.8, 4) is 5.75 Å². The van der Waals surface area contributed by atoms with E-state index in [0.29, 0.717) is 10.8 Å². The second-order valence-electron chi connectivity index (χ2n) is 3.64. The van der Waals surface area contributed by atoms with Gasteiger partial charge in [0.1, 0.15) is 10.0 Å². The van der Waals surface area contributed by atoms with Crippen LogP contribution in [-0.2, 0) is 0 Å². The molecule has 1 N–H and O–H groups in total. The second-order valence-corrected chi connectivity index (χ2v) is 6.18. The Balaban J connectivity index is 3.18. The third kappa shape index (κ3) is 3.05. The van der Waals surface area contributed by atoms with Gasteiger partial charge < -0.3 is 5.11 Å². The highest BCUT2D eigenvalue weighted by Gasteiger charge is 2.20. The lowest BCUT2D eigenvalue weighted by Gasteiger charge is -2.12. The van der Waals surface area contributed by atoms with Crippen molar-refractivity contribution in [1.82, 2.24) is 0 Å². The summed E-state index contributed by atoms with van der Waals surface area (Å²) in [6.07, 6.45) is 0. The highest BCUT2D eigenvalue weighted by molar-refractivity contribution is 7.99. The molecule has 0 fully saturated rings. The van der Waals surface area contributed by atoms with E-state index >= 15 is 0 Å². The summed E-state index contributed by atoms with van der Waals surface area (Å²) in [6.45, 7) is 4.16. The maximum atomic E-state index is 9.53. The number of halogens is 4. The number of phenolic OH excluding ortho intramolecular Hbond substituents is 1. The van der Waals surface area contributed by atoms with Crippen molar-refractivity contribution < 1.29 is 5.11 Å². The number of aromatic hydroxyl groups is 1. The average Bonchev–Trinajstić information content (AvgIpc) is 2.23. The van der Waals surface area contributed by atoms with Crippen LogP contribution >= 0.6 is 58.2 Å². The fourth-order valence-electron chi connectivity index (χ4n) is 0.977. The zero-order chi connectivity index (χ0) is 12.5. The Labute approximate surface area is 119 Å². The molecule has 0 atom stereocenters. The predicted molar refractivity (Wildman–Crippen MR) is 73.7 cm³/mol. The Morgan fingerprint density at radius 1 is 1.00 bits per heavy atom. The van der Waals surface area contributed by atoms with Crippen LogP contribution in [0.4, 0.5) is 0 Å². The summed E-state index contributed by atoms with van der Waals surface area (Å²) in [5, 5.41) is 10.1. The van der Waals surface area contributed by atoms with Crippen LogP contribution in [0.2, 0.25) is 20.1 Å². The molecule has 0 unspecified atom stereocenters. The van der Waals surface area contributed by atoms with Crippen molar-refractivity contribution in [2.24, 2.45) is 5.92 Å². The largest absolute Gasteiger partial charge is 0.505 e. The number of phenols is 1. The Morgan fingerprint density at radius 3 is 1.81 bits per heavy atom. The summed E-state index contributed by atoms with van der Waals surface area (Å²) in [7, 11) is 0. The molecule has 1 aromatic carbocycles. The summed E-state index contributed by atoms with van der Waals surface area (Å²) >= 11 is 25.2. The van der Waals surface area contributed by atoms with E-state index in [9.17, 15) is 5.11 Å². The first kappa shape index (κ1) is 14.6. The Hall–Kier alpha value is 0.530. The smallest absolute Gasteiger partial charge is 0.155 e. The Morgan fingerprint density at radius 2 is 1.44 bits per heavy atom. The van der Waals surface area contributed by atoms with Crippen LogP contribution in [0, 0.1) is 5.92 Å². The lowest BCUT2D eigenvalue weighted by Crippen LogP contribution is -1.92. The van der Waals surface area contributed by atoms with Crippen LogP contribution in [0.15, 0.2) is 4.90 Å². The molecule has 0 saturated carbocycles. The normalized spacial score (nSPS) is 11.2. The molecule has 1 rings (SSSR count). The molecule has 0 aliphatic heterocycles. The van der Waals surface area contributed by atoms with Gasteiger partial charge in [-0.1, -0.05) is 60.3 Å². The number of thioether (sulfide) groups is 1. The van der Waals surface area contributed by atoms with Crippen LogP contribution in [-0.4, -0.2) is 10.9 Å². The van der Waals surface area contributed by atoms with E-state index in [1.165, 1.54) is 11.8 Å². The Bertz CT molecular complexity index is 377. The maximum absolute atomic E-state index is 9.53. The SMILES string of the molecule is CC(C)CSc1c(Cl)c(Cl)c(O)c(Cl)c1Cl. The van der Waals surface area contributed by atoms with Crippen LogP contribution < -0.4 is 0 Å². The predicted octanol–water partition coefficient (Wildman–Crippen LogP) is 5.75. The van der Waals surface area contributed by atoms with Crippen LogP contribution in [0.3, 0.4) is 0 Å².